The Hall–Kier alpha value is -0.610. The molecule has 0 spiro atoms. The fourth-order valence-corrected chi connectivity index (χ4v) is 1.62. The first-order valence-electron chi connectivity index (χ1n) is 4.79. The highest BCUT2D eigenvalue weighted by atomic mass is 16.5. The van der Waals surface area contributed by atoms with Crippen molar-refractivity contribution in [1.82, 2.24) is 4.90 Å². The first-order chi connectivity index (χ1) is 6.20. The summed E-state index contributed by atoms with van der Waals surface area (Å²) in [7, 11) is 0. The van der Waals surface area contributed by atoms with E-state index in [-0.39, 0.29) is 24.6 Å². The highest BCUT2D eigenvalue weighted by Crippen LogP contribution is 2.13. The first kappa shape index (κ1) is 10.5. The van der Waals surface area contributed by atoms with Crippen molar-refractivity contribution < 1.29 is 9.53 Å². The number of nitrogens with two attached hydrogens (primary N) is 1. The second kappa shape index (κ2) is 4.58. The predicted octanol–water partition coefficient (Wildman–Crippen LogP) is -0.0290. The van der Waals surface area contributed by atoms with E-state index in [1.165, 1.54) is 0 Å². The predicted molar refractivity (Wildman–Crippen MR) is 50.3 cm³/mol. The van der Waals surface area contributed by atoms with Gasteiger partial charge in [-0.05, 0) is 13.3 Å². The molecule has 76 valence electrons. The minimum absolute atomic E-state index is 0.0658. The Labute approximate surface area is 79.0 Å². The smallest absolute Gasteiger partial charge is 0.249 e. The topological polar surface area (TPSA) is 55.6 Å². The van der Waals surface area contributed by atoms with E-state index in [4.69, 9.17) is 10.5 Å². The molecule has 2 atom stereocenters. The SMILES string of the molecule is CCC(C)N1C(=O)COCC1CN. The molecule has 0 aromatic heterocycles. The van der Waals surface area contributed by atoms with Crippen LogP contribution in [0.4, 0.5) is 0 Å². The summed E-state index contributed by atoms with van der Waals surface area (Å²) >= 11 is 0. The van der Waals surface area contributed by atoms with Gasteiger partial charge < -0.3 is 15.4 Å². The van der Waals surface area contributed by atoms with Gasteiger partial charge in [0.1, 0.15) is 6.61 Å². The second-order valence-corrected chi connectivity index (χ2v) is 3.46. The van der Waals surface area contributed by atoms with Gasteiger partial charge in [0.25, 0.3) is 0 Å². The van der Waals surface area contributed by atoms with E-state index in [2.05, 4.69) is 6.92 Å². The first-order valence-corrected chi connectivity index (χ1v) is 4.79. The van der Waals surface area contributed by atoms with Crippen LogP contribution in [0, 0.1) is 0 Å². The van der Waals surface area contributed by atoms with Crippen LogP contribution < -0.4 is 5.73 Å². The maximum Gasteiger partial charge on any atom is 0.249 e. The Bertz CT molecular complexity index is 184. The average Bonchev–Trinajstić information content (AvgIpc) is 2.16. The molecule has 1 heterocycles. The zero-order chi connectivity index (χ0) is 9.84. The summed E-state index contributed by atoms with van der Waals surface area (Å²) in [5.74, 6) is 0.0658. The number of morpholine rings is 1. The van der Waals surface area contributed by atoms with Gasteiger partial charge in [-0.3, -0.25) is 4.79 Å². The summed E-state index contributed by atoms with van der Waals surface area (Å²) < 4.78 is 5.14. The Kier molecular flexibility index (Phi) is 3.69. The fourth-order valence-electron chi connectivity index (χ4n) is 1.62. The Balaban J connectivity index is 2.67. The summed E-state index contributed by atoms with van der Waals surface area (Å²) in [5.41, 5.74) is 5.57. The third-order valence-electron chi connectivity index (χ3n) is 2.55. The molecule has 0 bridgehead atoms. The largest absolute Gasteiger partial charge is 0.369 e. The molecular weight excluding hydrogens is 168 g/mol. The molecular formula is C9H18N2O2. The lowest BCUT2D eigenvalue weighted by molar-refractivity contribution is -0.150. The maximum absolute atomic E-state index is 11.5. The lowest BCUT2D eigenvalue weighted by atomic mass is 10.1. The highest BCUT2D eigenvalue weighted by molar-refractivity contribution is 5.78. The molecule has 0 aromatic rings. The van der Waals surface area contributed by atoms with Crippen molar-refractivity contribution in [2.75, 3.05) is 19.8 Å². The van der Waals surface area contributed by atoms with Gasteiger partial charge in [-0.2, -0.15) is 0 Å². The lowest BCUT2D eigenvalue weighted by Crippen LogP contribution is -2.55. The van der Waals surface area contributed by atoms with Crippen LogP contribution in [0.1, 0.15) is 20.3 Å². The number of hydrogen-bond donors (Lipinski definition) is 1. The summed E-state index contributed by atoms with van der Waals surface area (Å²) in [6.07, 6.45) is 0.961. The van der Waals surface area contributed by atoms with Gasteiger partial charge in [-0.15, -0.1) is 0 Å². The van der Waals surface area contributed by atoms with Crippen LogP contribution in [0.3, 0.4) is 0 Å². The number of amides is 1. The van der Waals surface area contributed by atoms with Crippen molar-refractivity contribution in [3.05, 3.63) is 0 Å². The van der Waals surface area contributed by atoms with Crippen molar-refractivity contribution in [2.45, 2.75) is 32.4 Å². The number of carbonyl (C=O) groups is 1. The van der Waals surface area contributed by atoms with Crippen molar-refractivity contribution in [1.29, 1.82) is 0 Å². The van der Waals surface area contributed by atoms with Gasteiger partial charge in [0.15, 0.2) is 0 Å². The van der Waals surface area contributed by atoms with E-state index in [0.29, 0.717) is 13.2 Å². The van der Waals surface area contributed by atoms with Gasteiger partial charge in [0.05, 0.1) is 12.6 Å². The highest BCUT2D eigenvalue weighted by Gasteiger charge is 2.30. The van der Waals surface area contributed by atoms with Crippen molar-refractivity contribution in [3.63, 3.8) is 0 Å². The Morgan fingerprint density at radius 1 is 1.77 bits per heavy atom. The number of nitrogens with zero attached hydrogens (tertiary/aromatic N) is 1. The quantitative estimate of drug-likeness (QED) is 0.673. The van der Waals surface area contributed by atoms with Crippen molar-refractivity contribution in [2.24, 2.45) is 5.73 Å². The lowest BCUT2D eigenvalue weighted by Gasteiger charge is -2.38. The molecule has 4 nitrogen and oxygen atoms in total. The molecule has 0 radical (unpaired) electrons. The third-order valence-corrected chi connectivity index (χ3v) is 2.55. The number of ether oxygens (including phenoxy) is 1. The van der Waals surface area contributed by atoms with Crippen LogP contribution in [0.25, 0.3) is 0 Å². The van der Waals surface area contributed by atoms with E-state index in [1.54, 1.807) is 0 Å². The summed E-state index contributed by atoms with van der Waals surface area (Å²) in [6.45, 7) is 5.39. The molecule has 0 saturated carbocycles. The minimum atomic E-state index is 0.0658. The number of carbonyl (C=O) groups excluding carboxylic acids is 1. The number of rotatable bonds is 3. The van der Waals surface area contributed by atoms with E-state index in [9.17, 15) is 4.79 Å². The van der Waals surface area contributed by atoms with E-state index < -0.39 is 0 Å². The summed E-state index contributed by atoms with van der Waals surface area (Å²) in [4.78, 5) is 13.4. The van der Waals surface area contributed by atoms with Crippen molar-refractivity contribution >= 4 is 5.91 Å². The van der Waals surface area contributed by atoms with E-state index in [1.807, 2.05) is 11.8 Å². The van der Waals surface area contributed by atoms with E-state index >= 15 is 0 Å². The van der Waals surface area contributed by atoms with Crippen LogP contribution in [-0.2, 0) is 9.53 Å². The number of hydrogen-bond acceptors (Lipinski definition) is 3. The molecule has 2 N–H and O–H groups in total. The van der Waals surface area contributed by atoms with Gasteiger partial charge in [-0.1, -0.05) is 6.92 Å². The molecule has 1 saturated heterocycles. The van der Waals surface area contributed by atoms with Gasteiger partial charge in [-0.25, -0.2) is 0 Å². The Morgan fingerprint density at radius 2 is 2.46 bits per heavy atom. The maximum atomic E-state index is 11.5. The van der Waals surface area contributed by atoms with E-state index in [0.717, 1.165) is 6.42 Å². The summed E-state index contributed by atoms with van der Waals surface area (Å²) in [6, 6.07) is 0.334. The molecule has 2 unspecified atom stereocenters. The van der Waals surface area contributed by atoms with Crippen LogP contribution in [0.2, 0.25) is 0 Å². The molecule has 1 rings (SSSR count). The molecule has 0 aliphatic carbocycles. The fraction of sp³-hybridized carbons (Fsp3) is 0.889. The standard InChI is InChI=1S/C9H18N2O2/c1-3-7(2)11-8(4-10)5-13-6-9(11)12/h7-8H,3-6,10H2,1-2H3. The molecule has 0 aromatic carbocycles. The Morgan fingerprint density at radius 3 is 3.00 bits per heavy atom. The molecule has 1 aliphatic rings. The van der Waals surface area contributed by atoms with Gasteiger partial charge in [0.2, 0.25) is 5.91 Å². The van der Waals surface area contributed by atoms with Crippen LogP contribution >= 0.6 is 0 Å². The van der Waals surface area contributed by atoms with Crippen LogP contribution in [0.5, 0.6) is 0 Å². The molecule has 1 aliphatic heterocycles. The molecule has 13 heavy (non-hydrogen) atoms. The zero-order valence-corrected chi connectivity index (χ0v) is 8.32. The average molecular weight is 186 g/mol. The monoisotopic (exact) mass is 186 g/mol. The molecule has 4 heteroatoms. The third kappa shape index (κ3) is 2.19. The van der Waals surface area contributed by atoms with Crippen LogP contribution in [-0.4, -0.2) is 42.6 Å². The van der Waals surface area contributed by atoms with Gasteiger partial charge in [0, 0.05) is 12.6 Å². The van der Waals surface area contributed by atoms with Crippen LogP contribution in [0.15, 0.2) is 0 Å². The zero-order valence-electron chi connectivity index (χ0n) is 8.32. The molecule has 1 fully saturated rings. The van der Waals surface area contributed by atoms with Crippen molar-refractivity contribution in [3.8, 4) is 0 Å². The second-order valence-electron chi connectivity index (χ2n) is 3.46. The normalized spacial score (nSPS) is 26.2. The minimum Gasteiger partial charge on any atom is -0.369 e. The van der Waals surface area contributed by atoms with Gasteiger partial charge >= 0.3 is 0 Å². The summed E-state index contributed by atoms with van der Waals surface area (Å²) in [5, 5.41) is 0. The molecule has 1 amide bonds.